The molecule has 4 bridgehead atoms. The summed E-state index contributed by atoms with van der Waals surface area (Å²) >= 11 is 0. The number of nitrogens with one attached hydrogen (secondary N) is 4. The van der Waals surface area contributed by atoms with E-state index in [1.165, 1.54) is 22.6 Å². The Hall–Kier alpha value is -4.78. The number of rotatable bonds is 21. The minimum absolute atomic E-state index is 0.0151. The van der Waals surface area contributed by atoms with E-state index in [0.29, 0.717) is 37.3 Å². The molecule has 59 heavy (non-hydrogen) atoms. The second kappa shape index (κ2) is 19.5. The van der Waals surface area contributed by atoms with Gasteiger partial charge in [0.05, 0.1) is 24.2 Å². The molecule has 11 atom stereocenters. The number of likely N-dealkylation sites (N-methyl/N-ethyl adjacent to an activating group) is 1. The Kier molecular flexibility index (Phi) is 14.0. The highest BCUT2D eigenvalue weighted by atomic mass is 16.4. The van der Waals surface area contributed by atoms with Gasteiger partial charge >= 0.3 is 5.97 Å². The number of aliphatic carboxylic acids is 1. The third-order valence-electron chi connectivity index (χ3n) is 13.7. The van der Waals surface area contributed by atoms with Crippen molar-refractivity contribution in [2.75, 3.05) is 25.5 Å². The van der Waals surface area contributed by atoms with Gasteiger partial charge in [0.25, 0.3) is 0 Å². The summed E-state index contributed by atoms with van der Waals surface area (Å²) in [5, 5.41) is 43.1. The SMILES string of the molecule is CNC[C@H](O)[C@H]1C[C@@H](/C(=C\C(=O)O)[C@H](Nc2ccc[nH]2)[C@H]2CC[C@@H]3c4cc5ccc(CC=O)cc5cc4[C@@H]4[C@H]2[C@H]3C=C[C@H]4CCCCC[C@H](C=O)CCCO)N=C(N)N1. The van der Waals surface area contributed by atoms with Gasteiger partial charge < -0.3 is 51.6 Å². The number of benzene rings is 2. The summed E-state index contributed by atoms with van der Waals surface area (Å²) in [6, 6.07) is 13.6. The normalized spacial score (nSPS) is 27.5. The number of unbranched alkanes of at least 4 members (excludes halogenated alkanes) is 2. The predicted molar refractivity (Wildman–Crippen MR) is 231 cm³/mol. The molecule has 1 aromatic heterocycles. The van der Waals surface area contributed by atoms with Gasteiger partial charge in [-0.25, -0.2) is 9.79 Å². The number of H-pyrrole nitrogens is 1. The lowest BCUT2D eigenvalue weighted by molar-refractivity contribution is -0.131. The summed E-state index contributed by atoms with van der Waals surface area (Å²) in [5.74, 6) is 1.09. The number of aliphatic imine (C=N–C) groups is 1. The van der Waals surface area contributed by atoms with Crippen molar-refractivity contribution in [2.24, 2.45) is 40.3 Å². The lowest BCUT2D eigenvalue weighted by Gasteiger charge is -2.57. The van der Waals surface area contributed by atoms with Crippen LogP contribution in [0, 0.1) is 29.6 Å². The van der Waals surface area contributed by atoms with Crippen LogP contribution in [0.15, 0.2) is 77.5 Å². The number of anilines is 1. The molecular formula is C47H62N6O6. The van der Waals surface area contributed by atoms with E-state index in [1.54, 1.807) is 7.05 Å². The third-order valence-corrected chi connectivity index (χ3v) is 13.7. The molecule has 0 amide bonds. The summed E-state index contributed by atoms with van der Waals surface area (Å²) in [6.45, 7) is 0.447. The van der Waals surface area contributed by atoms with Crippen molar-refractivity contribution in [3.05, 3.63) is 89.2 Å². The standard InChI is InChI=1S/C47H62N6O6/c1-49-26-41(57)40-25-39(51-47(48)52-40)38(24-43(58)59)46(53-42-10-5-18-50-42)35-16-15-33-34-14-13-30(9-4-2-3-7-29(27-56)8-6-19-54)44(45(34)35)37-23-32-21-28(17-20-55)11-12-31(32)22-36(33)37/h5,10-14,18,20-24,27,29-30,33-35,39-41,44-46,49-50,53-54,57H,2-4,6-9,15-17,19,25-26H2,1H3,(H,58,59)(H3,48,51,52)/b38-24+/t29-,30+,33-,34-,35-,39-,40+,41-,44+,45-,46+/m0/s1. The van der Waals surface area contributed by atoms with E-state index in [-0.39, 0.29) is 48.1 Å². The molecule has 2 aromatic carbocycles. The van der Waals surface area contributed by atoms with Gasteiger partial charge in [0, 0.05) is 37.8 Å². The fourth-order valence-electron chi connectivity index (χ4n) is 11.2. The molecular weight excluding hydrogens is 745 g/mol. The molecule has 1 fully saturated rings. The molecule has 2 heterocycles. The van der Waals surface area contributed by atoms with Gasteiger partial charge in [-0.1, -0.05) is 61.7 Å². The highest BCUT2D eigenvalue weighted by molar-refractivity contribution is 5.86. The number of carbonyl (C=O) groups excluding carboxylic acids is 2. The van der Waals surface area contributed by atoms with Gasteiger partial charge in [-0.3, -0.25) is 0 Å². The van der Waals surface area contributed by atoms with E-state index in [4.69, 9.17) is 10.7 Å². The van der Waals surface area contributed by atoms with Crippen LogP contribution in [0.1, 0.15) is 92.7 Å². The molecule has 7 rings (SSSR count). The lowest BCUT2D eigenvalue weighted by atomic mass is 9.48. The summed E-state index contributed by atoms with van der Waals surface area (Å²) in [6.07, 6.45) is 18.1. The van der Waals surface area contributed by atoms with Gasteiger partial charge in [0.1, 0.15) is 18.4 Å². The largest absolute Gasteiger partial charge is 0.478 e. The van der Waals surface area contributed by atoms with Crippen LogP contribution in [0.3, 0.4) is 0 Å². The number of aromatic amines is 1. The number of hydrogen-bond donors (Lipinski definition) is 8. The monoisotopic (exact) mass is 806 g/mol. The number of fused-ring (bicyclic) bond motifs is 4. The molecule has 3 aromatic rings. The highest BCUT2D eigenvalue weighted by Crippen LogP contribution is 2.62. The quantitative estimate of drug-likeness (QED) is 0.0291. The number of carboxylic acids is 1. The maximum absolute atomic E-state index is 12.8. The van der Waals surface area contributed by atoms with Crippen LogP contribution >= 0.6 is 0 Å². The number of aromatic nitrogens is 1. The van der Waals surface area contributed by atoms with Gasteiger partial charge in [-0.05, 0) is 133 Å². The molecule has 4 aliphatic rings. The van der Waals surface area contributed by atoms with Crippen LogP contribution in [-0.4, -0.2) is 89.2 Å². The van der Waals surface area contributed by atoms with Crippen LogP contribution in [0.5, 0.6) is 0 Å². The Morgan fingerprint density at radius 1 is 1.03 bits per heavy atom. The molecule has 9 N–H and O–H groups in total. The van der Waals surface area contributed by atoms with Crippen molar-refractivity contribution < 1.29 is 29.7 Å². The average molecular weight is 807 g/mol. The summed E-state index contributed by atoms with van der Waals surface area (Å²) in [7, 11) is 1.78. The zero-order valence-electron chi connectivity index (χ0n) is 34.1. The van der Waals surface area contributed by atoms with Gasteiger partial charge in [-0.15, -0.1) is 0 Å². The minimum atomic E-state index is -1.05. The van der Waals surface area contributed by atoms with E-state index in [9.17, 15) is 29.7 Å². The van der Waals surface area contributed by atoms with Crippen LogP contribution in [0.2, 0.25) is 0 Å². The van der Waals surface area contributed by atoms with Crippen molar-refractivity contribution in [3.63, 3.8) is 0 Å². The van der Waals surface area contributed by atoms with Gasteiger partial charge in [0.15, 0.2) is 5.96 Å². The molecule has 3 aliphatic carbocycles. The van der Waals surface area contributed by atoms with Crippen molar-refractivity contribution in [2.45, 2.75) is 107 Å². The number of carbonyl (C=O) groups is 3. The van der Waals surface area contributed by atoms with Crippen molar-refractivity contribution >= 4 is 41.1 Å². The number of guanidine groups is 1. The Morgan fingerprint density at radius 2 is 1.86 bits per heavy atom. The van der Waals surface area contributed by atoms with Crippen LogP contribution in [-0.2, 0) is 20.8 Å². The van der Waals surface area contributed by atoms with Crippen LogP contribution in [0.4, 0.5) is 5.82 Å². The molecule has 0 unspecified atom stereocenters. The topological polar surface area (TPSA) is 202 Å². The summed E-state index contributed by atoms with van der Waals surface area (Å²) in [5.41, 5.74) is 10.8. The second-order valence-corrected chi connectivity index (χ2v) is 17.3. The van der Waals surface area contributed by atoms with Crippen molar-refractivity contribution in [3.8, 4) is 0 Å². The highest BCUT2D eigenvalue weighted by Gasteiger charge is 2.54. The third kappa shape index (κ3) is 9.50. The predicted octanol–water partition coefficient (Wildman–Crippen LogP) is 5.57. The Balaban J connectivity index is 1.28. The fourth-order valence-corrected chi connectivity index (χ4v) is 11.2. The smallest absolute Gasteiger partial charge is 0.328 e. The van der Waals surface area contributed by atoms with E-state index in [0.717, 1.165) is 80.7 Å². The molecule has 12 heteroatoms. The maximum Gasteiger partial charge on any atom is 0.328 e. The molecule has 0 radical (unpaired) electrons. The fraction of sp³-hybridized carbons (Fsp3) is 0.532. The molecule has 0 spiro atoms. The number of nitrogens with two attached hydrogens (primary N) is 1. The number of aldehydes is 2. The first-order chi connectivity index (χ1) is 28.7. The van der Waals surface area contributed by atoms with E-state index in [1.807, 2.05) is 18.3 Å². The number of hydrogen-bond acceptors (Lipinski definition) is 10. The minimum Gasteiger partial charge on any atom is -0.478 e. The number of nitrogens with zero attached hydrogens (tertiary/aromatic N) is 1. The lowest BCUT2D eigenvalue weighted by Crippen LogP contribution is -2.56. The first-order valence-corrected chi connectivity index (χ1v) is 21.7. The first kappa shape index (κ1) is 42.3. The summed E-state index contributed by atoms with van der Waals surface area (Å²) < 4.78 is 0. The average Bonchev–Trinajstić information content (AvgIpc) is 3.75. The number of allylic oxidation sites excluding steroid dienone is 2. The Morgan fingerprint density at radius 3 is 2.61 bits per heavy atom. The van der Waals surface area contributed by atoms with E-state index >= 15 is 0 Å². The number of aliphatic hydroxyl groups is 2. The van der Waals surface area contributed by atoms with Crippen molar-refractivity contribution in [1.29, 1.82) is 0 Å². The molecule has 1 aliphatic heterocycles. The number of carboxylic acid groups (broad SMARTS) is 1. The first-order valence-electron chi connectivity index (χ1n) is 21.7. The second-order valence-electron chi connectivity index (χ2n) is 17.3. The maximum atomic E-state index is 12.8. The van der Waals surface area contributed by atoms with Crippen LogP contribution in [0.25, 0.3) is 10.8 Å². The Labute approximate surface area is 347 Å². The number of aliphatic hydroxyl groups excluding tert-OH is 2. The summed E-state index contributed by atoms with van der Waals surface area (Å²) in [4.78, 5) is 44.2. The van der Waals surface area contributed by atoms with Crippen molar-refractivity contribution in [1.82, 2.24) is 15.6 Å². The molecule has 0 saturated heterocycles. The zero-order chi connectivity index (χ0) is 41.5. The van der Waals surface area contributed by atoms with Gasteiger partial charge in [0.2, 0.25) is 0 Å². The molecule has 1 saturated carbocycles. The van der Waals surface area contributed by atoms with E-state index < -0.39 is 30.2 Å². The molecule has 316 valence electrons. The van der Waals surface area contributed by atoms with Crippen LogP contribution < -0.4 is 21.7 Å². The van der Waals surface area contributed by atoms with E-state index in [2.05, 4.69) is 63.4 Å². The molecule has 12 nitrogen and oxygen atoms in total. The zero-order valence-corrected chi connectivity index (χ0v) is 34.1. The van der Waals surface area contributed by atoms with Gasteiger partial charge in [-0.2, -0.15) is 0 Å². The Bertz CT molecular complexity index is 2010.